The van der Waals surface area contributed by atoms with Gasteiger partial charge in [0.1, 0.15) is 5.75 Å². The molecule has 1 aliphatic rings. The Hall–Kier alpha value is -0.720. The maximum Gasteiger partial charge on any atom is 0.243 e. The van der Waals surface area contributed by atoms with E-state index < -0.39 is 10.0 Å². The van der Waals surface area contributed by atoms with Gasteiger partial charge in [-0.1, -0.05) is 6.42 Å². The van der Waals surface area contributed by atoms with Gasteiger partial charge in [-0.25, -0.2) is 8.42 Å². The number of rotatable bonds is 4. The van der Waals surface area contributed by atoms with Crippen LogP contribution >= 0.6 is 12.6 Å². The minimum atomic E-state index is -3.42. The monoisotopic (exact) mass is 301 g/mol. The molecular formula is C13H19NO3S2. The number of sulfonamides is 1. The summed E-state index contributed by atoms with van der Waals surface area (Å²) in [5.74, 6) is 1.22. The molecule has 1 fully saturated rings. The van der Waals surface area contributed by atoms with Crippen LogP contribution in [-0.2, 0) is 10.0 Å². The first-order valence-electron chi connectivity index (χ1n) is 6.36. The Morgan fingerprint density at radius 1 is 1.32 bits per heavy atom. The van der Waals surface area contributed by atoms with Crippen molar-refractivity contribution in [2.45, 2.75) is 30.2 Å². The van der Waals surface area contributed by atoms with E-state index in [-0.39, 0.29) is 6.04 Å². The summed E-state index contributed by atoms with van der Waals surface area (Å²) < 4.78 is 31.9. The minimum absolute atomic E-state index is 0.00388. The molecule has 19 heavy (non-hydrogen) atoms. The van der Waals surface area contributed by atoms with Crippen molar-refractivity contribution in [1.82, 2.24) is 4.31 Å². The highest BCUT2D eigenvalue weighted by molar-refractivity contribution is 7.89. The van der Waals surface area contributed by atoms with Crippen LogP contribution in [0.3, 0.4) is 0 Å². The van der Waals surface area contributed by atoms with Crippen LogP contribution in [0.2, 0.25) is 0 Å². The average molecular weight is 301 g/mol. The molecule has 0 unspecified atom stereocenters. The van der Waals surface area contributed by atoms with Crippen molar-refractivity contribution in [3.63, 3.8) is 0 Å². The number of piperidine rings is 1. The first-order valence-corrected chi connectivity index (χ1v) is 8.43. The Morgan fingerprint density at radius 3 is 2.58 bits per heavy atom. The van der Waals surface area contributed by atoms with Crippen molar-refractivity contribution < 1.29 is 13.2 Å². The standard InChI is InChI=1S/C13H19NO3S2/c1-17-12-5-7-13(8-6-12)19(15,16)14-9-3-2-4-11(14)10-18/h5-8,11,18H,2-4,9-10H2,1H3/t11-/m0/s1. The van der Waals surface area contributed by atoms with E-state index in [0.717, 1.165) is 19.3 Å². The molecule has 2 rings (SSSR count). The topological polar surface area (TPSA) is 46.6 Å². The molecule has 1 atom stereocenters. The van der Waals surface area contributed by atoms with E-state index in [1.807, 2.05) is 0 Å². The third-order valence-electron chi connectivity index (χ3n) is 3.45. The van der Waals surface area contributed by atoms with E-state index in [1.165, 1.54) is 0 Å². The van der Waals surface area contributed by atoms with Crippen LogP contribution in [0, 0.1) is 0 Å². The largest absolute Gasteiger partial charge is 0.497 e. The highest BCUT2D eigenvalue weighted by atomic mass is 32.2. The predicted molar refractivity (Wildman–Crippen MR) is 78.4 cm³/mol. The van der Waals surface area contributed by atoms with Gasteiger partial charge in [0.25, 0.3) is 0 Å². The highest BCUT2D eigenvalue weighted by Gasteiger charge is 2.32. The number of nitrogens with zero attached hydrogens (tertiary/aromatic N) is 1. The highest BCUT2D eigenvalue weighted by Crippen LogP contribution is 2.26. The van der Waals surface area contributed by atoms with Gasteiger partial charge in [-0.05, 0) is 37.1 Å². The normalized spacial score (nSPS) is 21.3. The van der Waals surface area contributed by atoms with Gasteiger partial charge < -0.3 is 4.74 Å². The average Bonchev–Trinajstić information content (AvgIpc) is 2.47. The van der Waals surface area contributed by atoms with E-state index in [4.69, 9.17) is 4.74 Å². The first-order chi connectivity index (χ1) is 9.09. The molecule has 0 aliphatic carbocycles. The number of methoxy groups -OCH3 is 1. The maximum atomic E-state index is 12.6. The molecule has 0 saturated carbocycles. The summed E-state index contributed by atoms with van der Waals surface area (Å²) in [7, 11) is -1.86. The summed E-state index contributed by atoms with van der Waals surface area (Å²) in [4.78, 5) is 0.321. The third-order valence-corrected chi connectivity index (χ3v) is 5.84. The number of hydrogen-bond donors (Lipinski definition) is 1. The van der Waals surface area contributed by atoms with Gasteiger partial charge in [-0.3, -0.25) is 0 Å². The molecule has 1 heterocycles. The Labute approximate surface area is 120 Å². The summed E-state index contributed by atoms with van der Waals surface area (Å²) in [5, 5.41) is 0. The quantitative estimate of drug-likeness (QED) is 0.867. The van der Waals surface area contributed by atoms with Crippen LogP contribution in [0.1, 0.15) is 19.3 Å². The molecule has 0 spiro atoms. The van der Waals surface area contributed by atoms with Crippen molar-refractivity contribution >= 4 is 22.7 Å². The molecule has 0 N–H and O–H groups in total. The second-order valence-corrected chi connectivity index (χ2v) is 6.88. The second kappa shape index (κ2) is 6.15. The molecular weight excluding hydrogens is 282 g/mol. The molecule has 4 nitrogen and oxygen atoms in total. The SMILES string of the molecule is COc1ccc(S(=O)(=O)N2CCCC[C@H]2CS)cc1. The van der Waals surface area contributed by atoms with E-state index >= 15 is 0 Å². The molecule has 0 radical (unpaired) electrons. The molecule has 1 aromatic rings. The lowest BCUT2D eigenvalue weighted by atomic mass is 10.1. The van der Waals surface area contributed by atoms with Crippen molar-refractivity contribution in [3.05, 3.63) is 24.3 Å². The lowest BCUT2D eigenvalue weighted by molar-refractivity contribution is 0.273. The Morgan fingerprint density at radius 2 is 2.00 bits per heavy atom. The van der Waals surface area contributed by atoms with Crippen LogP contribution in [0.15, 0.2) is 29.2 Å². The van der Waals surface area contributed by atoms with E-state index in [0.29, 0.717) is 22.9 Å². The molecule has 1 aromatic carbocycles. The van der Waals surface area contributed by atoms with Crippen molar-refractivity contribution in [1.29, 1.82) is 0 Å². The van der Waals surface area contributed by atoms with Crippen LogP contribution in [0.25, 0.3) is 0 Å². The van der Waals surface area contributed by atoms with Crippen molar-refractivity contribution in [2.24, 2.45) is 0 Å². The number of thiol groups is 1. The number of benzene rings is 1. The number of ether oxygens (including phenoxy) is 1. The fraction of sp³-hybridized carbons (Fsp3) is 0.538. The Balaban J connectivity index is 2.29. The van der Waals surface area contributed by atoms with Crippen molar-refractivity contribution in [3.8, 4) is 5.75 Å². The maximum absolute atomic E-state index is 12.6. The predicted octanol–water partition coefficient (Wildman–Crippen LogP) is 2.17. The zero-order valence-corrected chi connectivity index (χ0v) is 12.7. The molecule has 6 heteroatoms. The van der Waals surface area contributed by atoms with Gasteiger partial charge in [0.2, 0.25) is 10.0 Å². The number of hydrogen-bond acceptors (Lipinski definition) is 4. The Kier molecular flexibility index (Phi) is 4.76. The van der Waals surface area contributed by atoms with Crippen LogP contribution in [0.4, 0.5) is 0 Å². The molecule has 0 amide bonds. The smallest absolute Gasteiger partial charge is 0.243 e. The van der Waals surface area contributed by atoms with Gasteiger partial charge in [-0.15, -0.1) is 0 Å². The van der Waals surface area contributed by atoms with Gasteiger partial charge in [0, 0.05) is 18.3 Å². The fourth-order valence-corrected chi connectivity index (χ4v) is 4.54. The lowest BCUT2D eigenvalue weighted by Gasteiger charge is -2.33. The van der Waals surface area contributed by atoms with Gasteiger partial charge >= 0.3 is 0 Å². The molecule has 0 aromatic heterocycles. The Bertz CT molecular complexity index is 513. The van der Waals surface area contributed by atoms with Crippen LogP contribution in [0.5, 0.6) is 5.75 Å². The van der Waals surface area contributed by atoms with Crippen LogP contribution < -0.4 is 4.74 Å². The fourth-order valence-electron chi connectivity index (χ4n) is 2.36. The lowest BCUT2D eigenvalue weighted by Crippen LogP contribution is -2.44. The summed E-state index contributed by atoms with van der Waals surface area (Å²) >= 11 is 4.27. The summed E-state index contributed by atoms with van der Waals surface area (Å²) in [6.45, 7) is 0.583. The molecule has 1 saturated heterocycles. The van der Waals surface area contributed by atoms with E-state index in [9.17, 15) is 8.42 Å². The van der Waals surface area contributed by atoms with Gasteiger partial charge in [0.15, 0.2) is 0 Å². The third kappa shape index (κ3) is 3.07. The first kappa shape index (κ1) is 14.7. The summed E-state index contributed by atoms with van der Waals surface area (Å²) in [5.41, 5.74) is 0. The van der Waals surface area contributed by atoms with Gasteiger partial charge in [-0.2, -0.15) is 16.9 Å². The molecule has 106 valence electrons. The zero-order valence-electron chi connectivity index (χ0n) is 10.9. The molecule has 0 bridgehead atoms. The summed E-state index contributed by atoms with van der Waals surface area (Å²) in [6, 6.07) is 6.54. The molecule has 1 aliphatic heterocycles. The van der Waals surface area contributed by atoms with E-state index in [1.54, 1.807) is 35.7 Å². The van der Waals surface area contributed by atoms with E-state index in [2.05, 4.69) is 12.6 Å². The minimum Gasteiger partial charge on any atom is -0.497 e. The zero-order chi connectivity index (χ0) is 13.9. The summed E-state index contributed by atoms with van der Waals surface area (Å²) in [6.07, 6.45) is 2.87. The second-order valence-electron chi connectivity index (χ2n) is 4.62. The van der Waals surface area contributed by atoms with Crippen molar-refractivity contribution in [2.75, 3.05) is 19.4 Å². The van der Waals surface area contributed by atoms with Crippen LogP contribution in [-0.4, -0.2) is 38.2 Å². The van der Waals surface area contributed by atoms with Gasteiger partial charge in [0.05, 0.1) is 12.0 Å².